The lowest BCUT2D eigenvalue weighted by Gasteiger charge is -2.38. The maximum absolute atomic E-state index is 13.1. The van der Waals surface area contributed by atoms with E-state index < -0.39 is 5.60 Å². The molecule has 0 bridgehead atoms. The lowest BCUT2D eigenvalue weighted by molar-refractivity contribution is -0.147. The minimum atomic E-state index is -0.948. The number of aromatic hydroxyl groups is 1. The van der Waals surface area contributed by atoms with E-state index in [0.29, 0.717) is 30.9 Å². The van der Waals surface area contributed by atoms with Crippen molar-refractivity contribution in [3.8, 4) is 11.5 Å². The zero-order valence-electron chi connectivity index (χ0n) is 17.0. The van der Waals surface area contributed by atoms with Crippen molar-refractivity contribution in [1.82, 2.24) is 10.1 Å². The summed E-state index contributed by atoms with van der Waals surface area (Å²) in [5, 5.41) is 14.3. The molecule has 0 spiro atoms. The van der Waals surface area contributed by atoms with Crippen LogP contribution in [0.5, 0.6) is 11.5 Å². The maximum atomic E-state index is 13.1. The van der Waals surface area contributed by atoms with Gasteiger partial charge in [0.05, 0.1) is 12.2 Å². The number of hydrogen-bond acceptors (Lipinski definition) is 5. The van der Waals surface area contributed by atoms with Crippen molar-refractivity contribution < 1.29 is 19.2 Å². The number of amides is 1. The molecule has 1 atom stereocenters. The Kier molecular flexibility index (Phi) is 4.93. The third-order valence-electron chi connectivity index (χ3n) is 5.68. The minimum absolute atomic E-state index is 0.0922. The number of nitrogens with zero attached hydrogens (tertiary/aromatic N) is 2. The molecule has 2 heterocycles. The van der Waals surface area contributed by atoms with Crippen molar-refractivity contribution in [3.05, 3.63) is 39.8 Å². The van der Waals surface area contributed by atoms with Gasteiger partial charge in [0, 0.05) is 25.1 Å². The average Bonchev–Trinajstić information content (AvgIpc) is 3.11. The summed E-state index contributed by atoms with van der Waals surface area (Å²) in [6.07, 6.45) is 2.04. The zero-order chi connectivity index (χ0) is 19.9. The standard InChI is InChI=1S/C21H28N2O4/c1-7-15-10-16(27-22-15)11-23(6)20(25)21(5)9-8-17-14(4)18(24)12(2)13(3)19(17)26-21/h10,24H,7-9,11H2,1-6H3/t21-/m1/s1. The quantitative estimate of drug-likeness (QED) is 0.887. The summed E-state index contributed by atoms with van der Waals surface area (Å²) in [5.74, 6) is 1.62. The van der Waals surface area contributed by atoms with Crippen molar-refractivity contribution in [3.63, 3.8) is 0 Å². The van der Waals surface area contributed by atoms with Gasteiger partial charge >= 0.3 is 0 Å². The molecule has 1 N–H and O–H groups in total. The number of phenols is 1. The van der Waals surface area contributed by atoms with Gasteiger partial charge in [0.2, 0.25) is 0 Å². The number of aryl methyl sites for hydroxylation is 1. The van der Waals surface area contributed by atoms with Crippen molar-refractivity contribution in [1.29, 1.82) is 0 Å². The summed E-state index contributed by atoms with van der Waals surface area (Å²) in [6, 6.07) is 1.88. The molecule has 1 amide bonds. The number of carbonyl (C=O) groups excluding carboxylic acids is 1. The Balaban J connectivity index is 1.84. The largest absolute Gasteiger partial charge is 0.507 e. The molecule has 1 aromatic carbocycles. The molecular weight excluding hydrogens is 344 g/mol. The Bertz CT molecular complexity index is 887. The highest BCUT2D eigenvalue weighted by molar-refractivity contribution is 5.85. The Hall–Kier alpha value is -2.50. The monoisotopic (exact) mass is 372 g/mol. The smallest absolute Gasteiger partial charge is 0.266 e. The van der Waals surface area contributed by atoms with Gasteiger partial charge in [0.25, 0.3) is 5.91 Å². The molecule has 0 fully saturated rings. The van der Waals surface area contributed by atoms with Crippen molar-refractivity contribution in [2.45, 2.75) is 66.0 Å². The van der Waals surface area contributed by atoms with Gasteiger partial charge in [0.1, 0.15) is 11.5 Å². The highest BCUT2D eigenvalue weighted by Crippen LogP contribution is 2.43. The Morgan fingerprint density at radius 3 is 2.63 bits per heavy atom. The van der Waals surface area contributed by atoms with Crippen LogP contribution in [0.25, 0.3) is 0 Å². The van der Waals surface area contributed by atoms with Crippen LogP contribution in [0.15, 0.2) is 10.6 Å². The molecule has 6 heteroatoms. The molecule has 0 radical (unpaired) electrons. The summed E-state index contributed by atoms with van der Waals surface area (Å²) < 4.78 is 11.6. The fourth-order valence-electron chi connectivity index (χ4n) is 3.70. The van der Waals surface area contributed by atoms with Crippen LogP contribution in [0, 0.1) is 20.8 Å². The number of benzene rings is 1. The molecule has 0 unspecified atom stereocenters. The van der Waals surface area contributed by atoms with Crippen LogP contribution in [0.3, 0.4) is 0 Å². The normalized spacial score (nSPS) is 18.7. The topological polar surface area (TPSA) is 75.8 Å². The van der Waals surface area contributed by atoms with Gasteiger partial charge < -0.3 is 19.3 Å². The van der Waals surface area contributed by atoms with Crippen LogP contribution in [0.4, 0.5) is 0 Å². The first-order valence-electron chi connectivity index (χ1n) is 9.38. The van der Waals surface area contributed by atoms with Crippen molar-refractivity contribution in [2.75, 3.05) is 7.05 Å². The van der Waals surface area contributed by atoms with Gasteiger partial charge in [-0.25, -0.2) is 0 Å². The number of fused-ring (bicyclic) bond motifs is 1. The van der Waals surface area contributed by atoms with Gasteiger partial charge in [-0.2, -0.15) is 0 Å². The van der Waals surface area contributed by atoms with E-state index in [-0.39, 0.29) is 5.91 Å². The highest BCUT2D eigenvalue weighted by Gasteiger charge is 2.42. The summed E-state index contributed by atoms with van der Waals surface area (Å²) in [4.78, 5) is 14.8. The van der Waals surface area contributed by atoms with Crippen LogP contribution in [0.2, 0.25) is 0 Å². The molecule has 1 aromatic heterocycles. The second-order valence-corrected chi connectivity index (χ2v) is 7.66. The fraction of sp³-hybridized carbons (Fsp3) is 0.524. The number of phenolic OH excluding ortho intramolecular Hbond substituents is 1. The molecule has 2 aromatic rings. The molecule has 27 heavy (non-hydrogen) atoms. The average molecular weight is 372 g/mol. The Morgan fingerprint density at radius 2 is 2.00 bits per heavy atom. The second-order valence-electron chi connectivity index (χ2n) is 7.66. The predicted molar refractivity (Wildman–Crippen MR) is 102 cm³/mol. The van der Waals surface area contributed by atoms with Gasteiger partial charge in [-0.3, -0.25) is 4.79 Å². The van der Waals surface area contributed by atoms with E-state index in [9.17, 15) is 9.90 Å². The van der Waals surface area contributed by atoms with E-state index in [4.69, 9.17) is 9.26 Å². The van der Waals surface area contributed by atoms with Crippen LogP contribution < -0.4 is 4.74 Å². The molecule has 0 aliphatic carbocycles. The Labute approximate surface area is 160 Å². The van der Waals surface area contributed by atoms with Crippen LogP contribution in [0.1, 0.15) is 54.0 Å². The number of carbonyl (C=O) groups is 1. The van der Waals surface area contributed by atoms with Crippen LogP contribution >= 0.6 is 0 Å². The van der Waals surface area contributed by atoms with Gasteiger partial charge in [-0.1, -0.05) is 12.1 Å². The third-order valence-corrected chi connectivity index (χ3v) is 5.68. The Morgan fingerprint density at radius 1 is 1.30 bits per heavy atom. The fourth-order valence-corrected chi connectivity index (χ4v) is 3.70. The molecule has 3 rings (SSSR count). The minimum Gasteiger partial charge on any atom is -0.507 e. The summed E-state index contributed by atoms with van der Waals surface area (Å²) >= 11 is 0. The lowest BCUT2D eigenvalue weighted by atomic mass is 9.86. The molecule has 146 valence electrons. The lowest BCUT2D eigenvalue weighted by Crippen LogP contribution is -2.51. The van der Waals surface area contributed by atoms with E-state index >= 15 is 0 Å². The summed E-state index contributed by atoms with van der Waals surface area (Å²) in [7, 11) is 1.75. The van der Waals surface area contributed by atoms with E-state index in [0.717, 1.165) is 40.1 Å². The number of hydrogen-bond donors (Lipinski definition) is 1. The molecular formula is C21H28N2O4. The van der Waals surface area contributed by atoms with E-state index in [2.05, 4.69) is 5.16 Å². The van der Waals surface area contributed by atoms with Gasteiger partial charge in [-0.15, -0.1) is 0 Å². The van der Waals surface area contributed by atoms with E-state index in [1.54, 1.807) is 11.9 Å². The first kappa shape index (κ1) is 19.3. The molecule has 0 saturated heterocycles. The SMILES string of the molecule is CCc1cc(CN(C)C(=O)[C@@]2(C)CCc3c(C)c(O)c(C)c(C)c3O2)on1. The zero-order valence-corrected chi connectivity index (χ0v) is 17.0. The molecule has 6 nitrogen and oxygen atoms in total. The van der Waals surface area contributed by atoms with Gasteiger partial charge in [0.15, 0.2) is 11.4 Å². The first-order valence-corrected chi connectivity index (χ1v) is 9.38. The maximum Gasteiger partial charge on any atom is 0.266 e. The van der Waals surface area contributed by atoms with E-state index in [1.807, 2.05) is 40.7 Å². The van der Waals surface area contributed by atoms with Crippen molar-refractivity contribution in [2.24, 2.45) is 0 Å². The first-order chi connectivity index (χ1) is 12.7. The summed E-state index contributed by atoms with van der Waals surface area (Å²) in [5.41, 5.74) is 3.44. The highest BCUT2D eigenvalue weighted by atomic mass is 16.5. The number of ether oxygens (including phenoxy) is 1. The number of aromatic nitrogens is 1. The second kappa shape index (κ2) is 6.91. The van der Waals surface area contributed by atoms with Crippen LogP contribution in [-0.4, -0.2) is 33.7 Å². The number of rotatable bonds is 4. The van der Waals surface area contributed by atoms with Crippen molar-refractivity contribution >= 4 is 5.91 Å². The molecule has 0 saturated carbocycles. The number of likely N-dealkylation sites (N-methyl/N-ethyl adjacent to an activating group) is 1. The van der Waals surface area contributed by atoms with Crippen LogP contribution in [-0.2, 0) is 24.2 Å². The predicted octanol–water partition coefficient (Wildman–Crippen LogP) is 3.61. The third kappa shape index (κ3) is 3.29. The molecule has 1 aliphatic rings. The van der Waals surface area contributed by atoms with E-state index in [1.165, 1.54) is 0 Å². The van der Waals surface area contributed by atoms with Gasteiger partial charge in [-0.05, 0) is 57.2 Å². The summed E-state index contributed by atoms with van der Waals surface area (Å²) in [6.45, 7) is 9.89. The molecule has 1 aliphatic heterocycles.